The molecule has 1 unspecified atom stereocenters. The predicted molar refractivity (Wildman–Crippen MR) is 89.5 cm³/mol. The molecule has 0 aliphatic carbocycles. The molecule has 2 aliphatic heterocycles. The normalized spacial score (nSPS) is 25.7. The fraction of sp³-hybridized carbons (Fsp3) is 0.846. The van der Waals surface area contributed by atoms with E-state index in [1.165, 1.54) is 13.3 Å². The van der Waals surface area contributed by atoms with Gasteiger partial charge in [0.1, 0.15) is 0 Å². The van der Waals surface area contributed by atoms with E-state index in [1.807, 2.05) is 0 Å². The molecule has 0 saturated carbocycles. The smallest absolute Gasteiger partial charge is 0.216 e. The Hall–Kier alpha value is -0.570. The molecular formula is C13H25IN4O2. The summed E-state index contributed by atoms with van der Waals surface area (Å²) in [5.41, 5.74) is 0.343. The van der Waals surface area contributed by atoms with Gasteiger partial charge in [0.25, 0.3) is 0 Å². The Balaban J connectivity index is 0.00000200. The van der Waals surface area contributed by atoms with Crippen LogP contribution in [0, 0.1) is 5.41 Å². The number of amides is 1. The SMILES string of the molecule is CN=C(NCCNC(C)=O)N1CCC2(CCOC2)C1.I. The maximum absolute atomic E-state index is 10.8. The summed E-state index contributed by atoms with van der Waals surface area (Å²) in [5.74, 6) is 0.925. The van der Waals surface area contributed by atoms with Crippen LogP contribution in [0.2, 0.25) is 0 Å². The van der Waals surface area contributed by atoms with Crippen molar-refractivity contribution in [3.8, 4) is 0 Å². The first-order valence-corrected chi connectivity index (χ1v) is 6.93. The molecule has 2 heterocycles. The highest BCUT2D eigenvalue weighted by molar-refractivity contribution is 14.0. The van der Waals surface area contributed by atoms with Gasteiger partial charge in [0.15, 0.2) is 5.96 Å². The number of halogens is 1. The van der Waals surface area contributed by atoms with E-state index in [1.54, 1.807) is 7.05 Å². The van der Waals surface area contributed by atoms with Crippen LogP contribution in [0.1, 0.15) is 19.8 Å². The number of aliphatic imine (C=N–C) groups is 1. The van der Waals surface area contributed by atoms with Crippen LogP contribution in [0.25, 0.3) is 0 Å². The molecule has 0 aromatic carbocycles. The van der Waals surface area contributed by atoms with Crippen molar-refractivity contribution in [2.45, 2.75) is 19.8 Å². The lowest BCUT2D eigenvalue weighted by atomic mass is 9.87. The average molecular weight is 396 g/mol. The number of rotatable bonds is 3. The number of guanidine groups is 1. The van der Waals surface area contributed by atoms with E-state index >= 15 is 0 Å². The fourth-order valence-corrected chi connectivity index (χ4v) is 2.83. The Labute approximate surface area is 137 Å². The molecule has 2 aliphatic rings. The molecule has 2 saturated heterocycles. The second kappa shape index (κ2) is 8.02. The van der Waals surface area contributed by atoms with Crippen LogP contribution in [-0.2, 0) is 9.53 Å². The Morgan fingerprint density at radius 1 is 1.35 bits per heavy atom. The third-order valence-electron chi connectivity index (χ3n) is 3.92. The molecule has 2 rings (SSSR count). The van der Waals surface area contributed by atoms with Crippen LogP contribution >= 0.6 is 24.0 Å². The number of hydrogen-bond acceptors (Lipinski definition) is 3. The summed E-state index contributed by atoms with van der Waals surface area (Å²) >= 11 is 0. The van der Waals surface area contributed by atoms with Gasteiger partial charge in [0.05, 0.1) is 6.61 Å². The maximum Gasteiger partial charge on any atom is 0.216 e. The first-order valence-electron chi connectivity index (χ1n) is 6.93. The molecule has 6 nitrogen and oxygen atoms in total. The van der Waals surface area contributed by atoms with Crippen molar-refractivity contribution in [2.75, 3.05) is 46.4 Å². The minimum atomic E-state index is 0. The summed E-state index contributed by atoms with van der Waals surface area (Å²) < 4.78 is 5.53. The Bertz CT molecular complexity index is 356. The van der Waals surface area contributed by atoms with Gasteiger partial charge in [-0.05, 0) is 12.8 Å². The fourth-order valence-electron chi connectivity index (χ4n) is 2.83. The molecule has 20 heavy (non-hydrogen) atoms. The molecule has 2 N–H and O–H groups in total. The highest BCUT2D eigenvalue weighted by atomic mass is 127. The molecule has 0 bridgehead atoms. The van der Waals surface area contributed by atoms with Gasteiger partial charge in [0.2, 0.25) is 5.91 Å². The lowest BCUT2D eigenvalue weighted by Gasteiger charge is -2.24. The summed E-state index contributed by atoms with van der Waals surface area (Å²) in [6.45, 7) is 6.67. The van der Waals surface area contributed by atoms with Crippen molar-refractivity contribution in [1.29, 1.82) is 0 Å². The number of carbonyl (C=O) groups excluding carboxylic acids is 1. The molecule has 1 spiro atoms. The van der Waals surface area contributed by atoms with Crippen LogP contribution in [0.4, 0.5) is 0 Å². The van der Waals surface area contributed by atoms with Gasteiger partial charge in [0, 0.05) is 52.2 Å². The number of nitrogens with one attached hydrogen (secondary N) is 2. The van der Waals surface area contributed by atoms with E-state index < -0.39 is 0 Å². The van der Waals surface area contributed by atoms with Crippen LogP contribution in [0.5, 0.6) is 0 Å². The molecule has 1 atom stereocenters. The molecule has 1 amide bonds. The van der Waals surface area contributed by atoms with Crippen molar-refractivity contribution in [3.63, 3.8) is 0 Å². The van der Waals surface area contributed by atoms with Crippen molar-refractivity contribution < 1.29 is 9.53 Å². The Morgan fingerprint density at radius 2 is 2.10 bits per heavy atom. The summed E-state index contributed by atoms with van der Waals surface area (Å²) in [6, 6.07) is 0. The third kappa shape index (κ3) is 4.47. The summed E-state index contributed by atoms with van der Waals surface area (Å²) in [4.78, 5) is 17.4. The van der Waals surface area contributed by atoms with Gasteiger partial charge in [-0.15, -0.1) is 24.0 Å². The number of carbonyl (C=O) groups is 1. The summed E-state index contributed by atoms with van der Waals surface area (Å²) in [7, 11) is 1.80. The zero-order valence-corrected chi connectivity index (χ0v) is 14.6. The monoisotopic (exact) mass is 396 g/mol. The van der Waals surface area contributed by atoms with E-state index in [2.05, 4.69) is 20.5 Å². The average Bonchev–Trinajstić information content (AvgIpc) is 3.00. The number of nitrogens with zero attached hydrogens (tertiary/aromatic N) is 2. The van der Waals surface area contributed by atoms with Crippen molar-refractivity contribution in [2.24, 2.45) is 10.4 Å². The first-order chi connectivity index (χ1) is 9.15. The van der Waals surface area contributed by atoms with Gasteiger partial charge >= 0.3 is 0 Å². The van der Waals surface area contributed by atoms with E-state index in [4.69, 9.17) is 4.74 Å². The quantitative estimate of drug-likeness (QED) is 0.314. The second-order valence-corrected chi connectivity index (χ2v) is 5.43. The summed E-state index contributed by atoms with van der Waals surface area (Å²) in [6.07, 6.45) is 2.34. The summed E-state index contributed by atoms with van der Waals surface area (Å²) in [5, 5.41) is 6.06. The van der Waals surface area contributed by atoms with Crippen LogP contribution in [-0.4, -0.2) is 63.2 Å². The van der Waals surface area contributed by atoms with E-state index in [0.29, 0.717) is 18.5 Å². The Morgan fingerprint density at radius 3 is 2.70 bits per heavy atom. The molecule has 7 heteroatoms. The minimum Gasteiger partial charge on any atom is -0.381 e. The number of hydrogen-bond donors (Lipinski definition) is 2. The van der Waals surface area contributed by atoms with E-state index in [9.17, 15) is 4.79 Å². The highest BCUT2D eigenvalue weighted by Crippen LogP contribution is 2.37. The molecule has 0 aromatic rings. The van der Waals surface area contributed by atoms with Crippen molar-refractivity contribution in [3.05, 3.63) is 0 Å². The van der Waals surface area contributed by atoms with E-state index in [0.717, 1.165) is 38.7 Å². The molecule has 0 aromatic heterocycles. The minimum absolute atomic E-state index is 0. The van der Waals surface area contributed by atoms with Gasteiger partial charge in [-0.3, -0.25) is 9.79 Å². The zero-order chi connectivity index (χ0) is 13.7. The number of ether oxygens (including phenoxy) is 1. The number of likely N-dealkylation sites (tertiary alicyclic amines) is 1. The molecular weight excluding hydrogens is 371 g/mol. The topological polar surface area (TPSA) is 66.0 Å². The molecule has 2 fully saturated rings. The molecule has 116 valence electrons. The zero-order valence-electron chi connectivity index (χ0n) is 12.3. The lowest BCUT2D eigenvalue weighted by molar-refractivity contribution is -0.118. The van der Waals surface area contributed by atoms with Crippen molar-refractivity contribution >= 4 is 35.8 Å². The van der Waals surface area contributed by atoms with E-state index in [-0.39, 0.29) is 29.9 Å². The van der Waals surface area contributed by atoms with Gasteiger partial charge < -0.3 is 20.3 Å². The lowest BCUT2D eigenvalue weighted by Crippen LogP contribution is -2.44. The standard InChI is InChI=1S/C13H24N4O2.HI/c1-11(18)15-5-6-16-12(14-2)17-7-3-13(9-17)4-8-19-10-13;/h3-10H2,1-2H3,(H,14,16)(H,15,18);1H. The van der Waals surface area contributed by atoms with Gasteiger partial charge in [-0.1, -0.05) is 0 Å². The van der Waals surface area contributed by atoms with Crippen molar-refractivity contribution in [1.82, 2.24) is 15.5 Å². The third-order valence-corrected chi connectivity index (χ3v) is 3.92. The van der Waals surface area contributed by atoms with Crippen LogP contribution < -0.4 is 10.6 Å². The predicted octanol–water partition coefficient (Wildman–Crippen LogP) is 0.428. The highest BCUT2D eigenvalue weighted by Gasteiger charge is 2.42. The largest absolute Gasteiger partial charge is 0.381 e. The van der Waals surface area contributed by atoms with Crippen LogP contribution in [0.3, 0.4) is 0 Å². The van der Waals surface area contributed by atoms with Gasteiger partial charge in [-0.25, -0.2) is 0 Å². The first kappa shape index (κ1) is 17.5. The van der Waals surface area contributed by atoms with Crippen LogP contribution in [0.15, 0.2) is 4.99 Å². The van der Waals surface area contributed by atoms with Gasteiger partial charge in [-0.2, -0.15) is 0 Å². The molecule has 0 radical (unpaired) electrons. The Kier molecular flexibility index (Phi) is 7.01. The second-order valence-electron chi connectivity index (χ2n) is 5.43. The maximum atomic E-state index is 10.8.